The monoisotopic (exact) mass is 362 g/mol. The van der Waals surface area contributed by atoms with Crippen molar-refractivity contribution in [3.05, 3.63) is 16.4 Å². The van der Waals surface area contributed by atoms with Gasteiger partial charge in [0.1, 0.15) is 0 Å². The molecule has 1 atom stereocenters. The van der Waals surface area contributed by atoms with E-state index in [0.29, 0.717) is 6.04 Å². The number of nitrogens with zero attached hydrogens (tertiary/aromatic N) is 3. The minimum atomic E-state index is 0.357. The summed E-state index contributed by atoms with van der Waals surface area (Å²) in [5.41, 5.74) is 1.28. The molecule has 1 aromatic rings. The van der Waals surface area contributed by atoms with Gasteiger partial charge in [0.25, 0.3) is 0 Å². The first-order valence-corrected chi connectivity index (χ1v) is 9.21. The topological polar surface area (TPSA) is 33.1 Å². The second-order valence-corrected chi connectivity index (χ2v) is 7.09. The lowest BCUT2D eigenvalue weighted by Crippen LogP contribution is -2.28. The molecule has 0 bridgehead atoms. The third-order valence-corrected chi connectivity index (χ3v) is 4.88. The van der Waals surface area contributed by atoms with Crippen LogP contribution in [0.4, 0.5) is 0 Å². The Bertz CT molecular complexity index is 381. The van der Waals surface area contributed by atoms with Crippen LogP contribution in [0.15, 0.2) is 10.7 Å². The molecule has 0 amide bonds. The van der Waals surface area contributed by atoms with Gasteiger partial charge in [0.15, 0.2) is 0 Å². The van der Waals surface area contributed by atoms with E-state index < -0.39 is 0 Å². The molecule has 0 radical (unpaired) electrons. The second kappa shape index (κ2) is 9.82. The molecule has 1 aromatic heterocycles. The fraction of sp³-hybridized carbons (Fsp3) is 0.786. The number of thioether (sulfide) groups is 1. The summed E-state index contributed by atoms with van der Waals surface area (Å²) in [6.07, 6.45) is 3.14. The van der Waals surface area contributed by atoms with Crippen LogP contribution < -0.4 is 5.32 Å². The van der Waals surface area contributed by atoms with Crippen molar-refractivity contribution >= 4 is 27.7 Å². The highest BCUT2D eigenvalue weighted by atomic mass is 79.9. The molecule has 0 fully saturated rings. The van der Waals surface area contributed by atoms with E-state index in [4.69, 9.17) is 0 Å². The van der Waals surface area contributed by atoms with Gasteiger partial charge in [-0.2, -0.15) is 16.9 Å². The van der Waals surface area contributed by atoms with E-state index in [-0.39, 0.29) is 0 Å². The largest absolute Gasteiger partial charge is 0.308 e. The van der Waals surface area contributed by atoms with E-state index >= 15 is 0 Å². The van der Waals surface area contributed by atoms with Crippen molar-refractivity contribution in [3.8, 4) is 0 Å². The maximum absolute atomic E-state index is 4.51. The molecule has 0 saturated carbocycles. The summed E-state index contributed by atoms with van der Waals surface area (Å²) in [7, 11) is 4.19. The lowest BCUT2D eigenvalue weighted by Gasteiger charge is -2.21. The predicted molar refractivity (Wildman–Crippen MR) is 92.5 cm³/mol. The third-order valence-electron chi connectivity index (χ3n) is 3.01. The number of likely N-dealkylation sites (N-methyl/N-ethyl adjacent to an activating group) is 1. The van der Waals surface area contributed by atoms with Crippen molar-refractivity contribution in [3.63, 3.8) is 0 Å². The first-order valence-electron chi connectivity index (χ1n) is 7.27. The predicted octanol–water partition coefficient (Wildman–Crippen LogP) is 3.00. The van der Waals surface area contributed by atoms with E-state index in [9.17, 15) is 0 Å². The first kappa shape index (κ1) is 18.0. The Kier molecular flexibility index (Phi) is 8.84. The molecular weight excluding hydrogens is 336 g/mol. The average Bonchev–Trinajstić information content (AvgIpc) is 2.77. The average molecular weight is 363 g/mol. The molecule has 116 valence electrons. The Balaban J connectivity index is 2.79. The Hall–Kier alpha value is -0.0400. The van der Waals surface area contributed by atoms with E-state index in [1.54, 1.807) is 0 Å². The molecule has 0 aliphatic rings. The van der Waals surface area contributed by atoms with Crippen molar-refractivity contribution in [2.24, 2.45) is 0 Å². The first-order chi connectivity index (χ1) is 9.60. The quantitative estimate of drug-likeness (QED) is 0.648. The highest BCUT2D eigenvalue weighted by molar-refractivity contribution is 9.10. The molecule has 0 saturated heterocycles. The highest BCUT2D eigenvalue weighted by Gasteiger charge is 2.19. The fourth-order valence-corrected chi connectivity index (χ4v) is 3.56. The number of nitrogens with one attached hydrogen (secondary N) is 1. The molecule has 0 aliphatic carbocycles. The van der Waals surface area contributed by atoms with Crippen molar-refractivity contribution in [2.75, 3.05) is 38.7 Å². The Morgan fingerprint density at radius 3 is 2.80 bits per heavy atom. The molecule has 0 aliphatic heterocycles. The molecule has 1 unspecified atom stereocenters. The molecule has 1 rings (SSSR count). The Labute approximate surface area is 135 Å². The zero-order chi connectivity index (χ0) is 15.0. The van der Waals surface area contributed by atoms with Crippen molar-refractivity contribution in [1.29, 1.82) is 0 Å². The van der Waals surface area contributed by atoms with E-state index in [0.717, 1.165) is 29.9 Å². The van der Waals surface area contributed by atoms with Gasteiger partial charge in [0, 0.05) is 12.3 Å². The van der Waals surface area contributed by atoms with Gasteiger partial charge in [-0.3, -0.25) is 4.68 Å². The minimum Gasteiger partial charge on any atom is -0.308 e. The van der Waals surface area contributed by atoms with Gasteiger partial charge in [0.05, 0.1) is 29.0 Å². The number of hydrogen-bond donors (Lipinski definition) is 1. The maximum Gasteiger partial charge on any atom is 0.0704 e. The minimum absolute atomic E-state index is 0.357. The van der Waals surface area contributed by atoms with Gasteiger partial charge in [-0.1, -0.05) is 13.8 Å². The van der Waals surface area contributed by atoms with Crippen molar-refractivity contribution in [1.82, 2.24) is 20.0 Å². The lowest BCUT2D eigenvalue weighted by atomic mass is 10.2. The zero-order valence-corrected chi connectivity index (χ0v) is 15.4. The molecule has 0 aromatic carbocycles. The molecule has 6 heteroatoms. The standard InChI is InChI=1S/C14H27BrN4S/c1-5-9-20-11-13(16-6-2)14-12(15)10-17-19(14)8-7-18(3)4/h10,13,16H,5-9,11H2,1-4H3. The summed E-state index contributed by atoms with van der Waals surface area (Å²) in [6.45, 7) is 7.29. The summed E-state index contributed by atoms with van der Waals surface area (Å²) in [5, 5.41) is 8.10. The van der Waals surface area contributed by atoms with Gasteiger partial charge >= 0.3 is 0 Å². The van der Waals surface area contributed by atoms with E-state index in [1.165, 1.54) is 17.9 Å². The van der Waals surface area contributed by atoms with Gasteiger partial charge in [-0.25, -0.2) is 0 Å². The van der Waals surface area contributed by atoms with Crippen LogP contribution in [0.3, 0.4) is 0 Å². The van der Waals surface area contributed by atoms with Gasteiger partial charge in [-0.05, 0) is 48.7 Å². The molecular formula is C14H27BrN4S. The smallest absolute Gasteiger partial charge is 0.0704 e. The van der Waals surface area contributed by atoms with E-state index in [2.05, 4.69) is 63.9 Å². The number of hydrogen-bond acceptors (Lipinski definition) is 4. The van der Waals surface area contributed by atoms with E-state index in [1.807, 2.05) is 18.0 Å². The van der Waals surface area contributed by atoms with Crippen LogP contribution in [0.2, 0.25) is 0 Å². The Morgan fingerprint density at radius 2 is 2.20 bits per heavy atom. The summed E-state index contributed by atoms with van der Waals surface area (Å²) in [4.78, 5) is 2.19. The number of halogens is 1. The van der Waals surface area contributed by atoms with Gasteiger partial charge in [0.2, 0.25) is 0 Å². The molecule has 1 N–H and O–H groups in total. The summed E-state index contributed by atoms with van der Waals surface area (Å²) in [5.74, 6) is 2.30. The van der Waals surface area contributed by atoms with Crippen LogP contribution in [0.25, 0.3) is 0 Å². The van der Waals surface area contributed by atoms with Crippen LogP contribution in [0.5, 0.6) is 0 Å². The fourth-order valence-electron chi connectivity index (χ4n) is 2.02. The molecule has 4 nitrogen and oxygen atoms in total. The van der Waals surface area contributed by atoms with Crippen LogP contribution in [-0.4, -0.2) is 53.4 Å². The normalized spacial score (nSPS) is 13.1. The summed E-state index contributed by atoms with van der Waals surface area (Å²) >= 11 is 5.66. The molecule has 20 heavy (non-hydrogen) atoms. The third kappa shape index (κ3) is 5.76. The SMILES string of the molecule is CCCSCC(NCC)c1c(Br)cnn1CCN(C)C. The number of rotatable bonds is 10. The maximum atomic E-state index is 4.51. The van der Waals surface area contributed by atoms with Crippen LogP contribution >= 0.6 is 27.7 Å². The summed E-state index contributed by atoms with van der Waals surface area (Å²) < 4.78 is 3.24. The van der Waals surface area contributed by atoms with Crippen molar-refractivity contribution in [2.45, 2.75) is 32.9 Å². The zero-order valence-electron chi connectivity index (χ0n) is 13.0. The van der Waals surface area contributed by atoms with Crippen LogP contribution in [-0.2, 0) is 6.54 Å². The lowest BCUT2D eigenvalue weighted by molar-refractivity contribution is 0.364. The van der Waals surface area contributed by atoms with Gasteiger partial charge < -0.3 is 10.2 Å². The highest BCUT2D eigenvalue weighted by Crippen LogP contribution is 2.26. The van der Waals surface area contributed by atoms with Gasteiger partial charge in [-0.15, -0.1) is 0 Å². The molecule has 0 spiro atoms. The second-order valence-electron chi connectivity index (χ2n) is 5.09. The molecule has 1 heterocycles. The number of aromatic nitrogens is 2. The Morgan fingerprint density at radius 1 is 1.45 bits per heavy atom. The van der Waals surface area contributed by atoms with Crippen LogP contribution in [0, 0.1) is 0 Å². The van der Waals surface area contributed by atoms with Crippen molar-refractivity contribution < 1.29 is 0 Å². The van der Waals surface area contributed by atoms with Crippen LogP contribution in [0.1, 0.15) is 32.0 Å². The summed E-state index contributed by atoms with van der Waals surface area (Å²) in [6, 6.07) is 0.357.